The third-order valence-corrected chi connectivity index (χ3v) is 8.62. The zero-order valence-corrected chi connectivity index (χ0v) is 21.9. The van der Waals surface area contributed by atoms with E-state index in [1.807, 2.05) is 71.4 Å². The van der Waals surface area contributed by atoms with Gasteiger partial charge in [0.15, 0.2) is 0 Å². The summed E-state index contributed by atoms with van der Waals surface area (Å²) in [4.78, 5) is 18.0. The first-order valence-corrected chi connectivity index (χ1v) is 14.0. The van der Waals surface area contributed by atoms with E-state index in [1.165, 1.54) is 6.07 Å². The molecule has 0 radical (unpaired) electrons. The average Bonchev–Trinajstić information content (AvgIpc) is 3.31. The molecule has 2 heterocycles. The Hall–Kier alpha value is -4.63. The lowest BCUT2D eigenvalue weighted by molar-refractivity contribution is 0.239. The molecule has 0 aliphatic heterocycles. The Morgan fingerprint density at radius 2 is 1.79 bits per heavy atom. The molecule has 196 valence electrons. The Labute approximate surface area is 226 Å². The van der Waals surface area contributed by atoms with Crippen molar-refractivity contribution >= 4 is 16.1 Å². The molecule has 1 fully saturated rings. The first kappa shape index (κ1) is 24.7. The Bertz CT molecular complexity index is 1750. The molecule has 8 nitrogen and oxygen atoms in total. The highest BCUT2D eigenvalue weighted by Crippen LogP contribution is 2.58. The van der Waals surface area contributed by atoms with Gasteiger partial charge >= 0.3 is 6.03 Å². The minimum absolute atomic E-state index is 0.0576. The summed E-state index contributed by atoms with van der Waals surface area (Å²) in [5.74, 6) is 0.521. The Balaban J connectivity index is 1.36. The Morgan fingerprint density at radius 3 is 2.56 bits per heavy atom. The number of amides is 2. The summed E-state index contributed by atoms with van der Waals surface area (Å²) in [6.45, 7) is 1.69. The molecular weight excluding hydrogens is 512 g/mol. The van der Waals surface area contributed by atoms with E-state index in [2.05, 4.69) is 15.0 Å². The van der Waals surface area contributed by atoms with Crippen LogP contribution in [0.4, 0.5) is 4.79 Å². The van der Waals surface area contributed by atoms with Crippen LogP contribution in [0.25, 0.3) is 16.8 Å². The van der Waals surface area contributed by atoms with Gasteiger partial charge in [-0.3, -0.25) is 0 Å². The van der Waals surface area contributed by atoms with Gasteiger partial charge in [-0.15, -0.1) is 0 Å². The highest BCUT2D eigenvalue weighted by Gasteiger charge is 2.60. The minimum Gasteiger partial charge on any atom is -0.472 e. The molecule has 2 atom stereocenters. The largest absolute Gasteiger partial charge is 0.472 e. The van der Waals surface area contributed by atoms with E-state index in [4.69, 9.17) is 4.42 Å². The predicted molar refractivity (Wildman–Crippen MR) is 147 cm³/mol. The highest BCUT2D eigenvalue weighted by atomic mass is 32.2. The van der Waals surface area contributed by atoms with Crippen molar-refractivity contribution in [2.45, 2.75) is 29.7 Å². The van der Waals surface area contributed by atoms with Crippen molar-refractivity contribution in [2.24, 2.45) is 0 Å². The number of aromatic nitrogens is 2. The fourth-order valence-electron chi connectivity index (χ4n) is 5.16. The van der Waals surface area contributed by atoms with Crippen LogP contribution in [0.15, 0.2) is 119 Å². The Kier molecular flexibility index (Phi) is 6.07. The van der Waals surface area contributed by atoms with Gasteiger partial charge in [-0.05, 0) is 54.3 Å². The number of benzene rings is 3. The van der Waals surface area contributed by atoms with Gasteiger partial charge in [0.1, 0.15) is 11.4 Å². The summed E-state index contributed by atoms with van der Waals surface area (Å²) in [6, 6.07) is 25.4. The summed E-state index contributed by atoms with van der Waals surface area (Å²) < 4.78 is 35.5. The maximum Gasteiger partial charge on any atom is 0.329 e. The van der Waals surface area contributed by atoms with Gasteiger partial charge in [0.05, 0.1) is 17.4 Å². The number of rotatable bonds is 7. The van der Waals surface area contributed by atoms with E-state index in [0.717, 1.165) is 22.4 Å². The molecule has 6 rings (SSSR count). The zero-order valence-electron chi connectivity index (χ0n) is 21.1. The number of urea groups is 1. The lowest BCUT2D eigenvalue weighted by atomic mass is 10.0. The molecular formula is C30H26N4O4S. The monoisotopic (exact) mass is 538 g/mol. The smallest absolute Gasteiger partial charge is 0.329 e. The number of sulfonamides is 1. The second-order valence-corrected chi connectivity index (χ2v) is 11.3. The standard InChI is InChI=1S/C30H26N4O4S/c1-21-8-5-6-13-27(21)39(36,37)33-29(35)32-30(19-26(30)22-9-3-2-4-10-22)28-31-15-16-34(28)25-12-7-11-23(18-25)24-14-17-38-20-24/h2-18,20,26H,19H2,1H3,(H2,32,33,35)/t26?,30-/m0/s1. The number of nitrogens with zero attached hydrogens (tertiary/aromatic N) is 2. The van der Waals surface area contributed by atoms with Crippen molar-refractivity contribution in [3.63, 3.8) is 0 Å². The SMILES string of the molecule is Cc1ccccc1S(=O)(=O)NC(=O)N[C@@]1(c2nccn2-c2cccc(-c3ccoc3)c2)CC1c1ccccc1. The fourth-order valence-corrected chi connectivity index (χ4v) is 6.32. The third kappa shape index (κ3) is 4.61. The van der Waals surface area contributed by atoms with Gasteiger partial charge in [-0.25, -0.2) is 22.9 Å². The predicted octanol–water partition coefficient (Wildman–Crippen LogP) is 5.51. The van der Waals surface area contributed by atoms with E-state index >= 15 is 0 Å². The molecule has 9 heteroatoms. The quantitative estimate of drug-likeness (QED) is 0.284. The molecule has 39 heavy (non-hydrogen) atoms. The van der Waals surface area contributed by atoms with Crippen molar-refractivity contribution in [1.82, 2.24) is 19.6 Å². The molecule has 0 bridgehead atoms. The summed E-state index contributed by atoms with van der Waals surface area (Å²) in [5.41, 5.74) is 3.44. The van der Waals surface area contributed by atoms with E-state index in [1.54, 1.807) is 43.8 Å². The minimum atomic E-state index is -4.08. The van der Waals surface area contributed by atoms with Crippen molar-refractivity contribution in [1.29, 1.82) is 0 Å². The van der Waals surface area contributed by atoms with Gasteiger partial charge in [-0.1, -0.05) is 60.7 Å². The summed E-state index contributed by atoms with van der Waals surface area (Å²) in [6.07, 6.45) is 7.40. The van der Waals surface area contributed by atoms with Crippen LogP contribution in [0.5, 0.6) is 0 Å². The van der Waals surface area contributed by atoms with Crippen molar-refractivity contribution < 1.29 is 17.6 Å². The molecule has 1 unspecified atom stereocenters. The van der Waals surface area contributed by atoms with Crippen LogP contribution in [-0.2, 0) is 15.6 Å². The highest BCUT2D eigenvalue weighted by molar-refractivity contribution is 7.90. The number of imidazole rings is 1. The molecule has 2 amide bonds. The van der Waals surface area contributed by atoms with Crippen LogP contribution in [0, 0.1) is 6.92 Å². The van der Waals surface area contributed by atoms with Gasteiger partial charge in [-0.2, -0.15) is 0 Å². The van der Waals surface area contributed by atoms with Gasteiger partial charge in [0.25, 0.3) is 10.0 Å². The molecule has 1 aliphatic carbocycles. The summed E-state index contributed by atoms with van der Waals surface area (Å²) in [7, 11) is -4.08. The molecule has 1 aliphatic rings. The van der Waals surface area contributed by atoms with E-state index in [-0.39, 0.29) is 10.8 Å². The van der Waals surface area contributed by atoms with Crippen LogP contribution in [0.1, 0.15) is 29.3 Å². The molecule has 1 saturated carbocycles. The van der Waals surface area contributed by atoms with Crippen LogP contribution in [0.3, 0.4) is 0 Å². The van der Waals surface area contributed by atoms with Gasteiger partial charge in [0.2, 0.25) is 0 Å². The first-order chi connectivity index (χ1) is 18.9. The maximum absolute atomic E-state index is 13.3. The second-order valence-electron chi connectivity index (χ2n) is 9.65. The summed E-state index contributed by atoms with van der Waals surface area (Å²) in [5, 5.41) is 2.99. The normalized spacial score (nSPS) is 18.4. The number of hydrogen-bond donors (Lipinski definition) is 2. The van der Waals surface area contributed by atoms with Crippen molar-refractivity contribution in [2.75, 3.05) is 0 Å². The van der Waals surface area contributed by atoms with Crippen LogP contribution in [0.2, 0.25) is 0 Å². The molecule has 3 aromatic carbocycles. The molecule has 0 saturated heterocycles. The summed E-state index contributed by atoms with van der Waals surface area (Å²) >= 11 is 0. The van der Waals surface area contributed by atoms with Crippen molar-refractivity contribution in [3.05, 3.63) is 127 Å². The molecule has 5 aromatic rings. The fraction of sp³-hybridized carbons (Fsp3) is 0.133. The lowest BCUT2D eigenvalue weighted by Crippen LogP contribution is -2.46. The van der Waals surface area contributed by atoms with Crippen LogP contribution >= 0.6 is 0 Å². The number of furan rings is 1. The zero-order chi connectivity index (χ0) is 27.0. The second kappa shape index (κ2) is 9.59. The van der Waals surface area contributed by atoms with E-state index in [0.29, 0.717) is 17.8 Å². The van der Waals surface area contributed by atoms with Gasteiger partial charge < -0.3 is 14.3 Å². The average molecular weight is 539 g/mol. The number of hydrogen-bond acceptors (Lipinski definition) is 5. The molecule has 0 spiro atoms. The van der Waals surface area contributed by atoms with Crippen LogP contribution in [-0.4, -0.2) is 24.0 Å². The molecule has 2 N–H and O–H groups in total. The topological polar surface area (TPSA) is 106 Å². The number of nitrogens with one attached hydrogen (secondary N) is 2. The van der Waals surface area contributed by atoms with E-state index < -0.39 is 21.6 Å². The van der Waals surface area contributed by atoms with Crippen LogP contribution < -0.4 is 10.0 Å². The number of aryl methyl sites for hydroxylation is 1. The lowest BCUT2D eigenvalue weighted by Gasteiger charge is -2.22. The Morgan fingerprint density at radius 1 is 1.00 bits per heavy atom. The van der Waals surface area contributed by atoms with E-state index in [9.17, 15) is 13.2 Å². The van der Waals surface area contributed by atoms with Crippen molar-refractivity contribution in [3.8, 4) is 16.8 Å². The number of carbonyl (C=O) groups is 1. The first-order valence-electron chi connectivity index (χ1n) is 12.5. The maximum atomic E-state index is 13.3. The number of carbonyl (C=O) groups excluding carboxylic acids is 1. The van der Waals surface area contributed by atoms with Gasteiger partial charge in [0, 0.05) is 29.6 Å². The molecule has 2 aromatic heterocycles. The third-order valence-electron chi connectivity index (χ3n) is 7.13.